The molecule has 0 amide bonds. The van der Waals surface area contributed by atoms with Crippen molar-refractivity contribution in [1.29, 1.82) is 5.26 Å². The van der Waals surface area contributed by atoms with Crippen LogP contribution in [0.3, 0.4) is 0 Å². The van der Waals surface area contributed by atoms with Crippen molar-refractivity contribution in [3.05, 3.63) is 99.8 Å². The third-order valence-electron chi connectivity index (χ3n) is 7.55. The predicted octanol–water partition coefficient (Wildman–Crippen LogP) is 5.46. The molecule has 1 saturated heterocycles. The Bertz CT molecular complexity index is 1630. The van der Waals surface area contributed by atoms with Gasteiger partial charge in [-0.1, -0.05) is 35.9 Å². The quantitative estimate of drug-likeness (QED) is 0.189. The number of rotatable bonds is 13. The lowest BCUT2D eigenvalue weighted by Gasteiger charge is -2.16. The van der Waals surface area contributed by atoms with E-state index in [-0.39, 0.29) is 25.9 Å². The molecule has 2 aromatic carbocycles. The zero-order valence-electron chi connectivity index (χ0n) is 24.6. The van der Waals surface area contributed by atoms with E-state index in [1.54, 1.807) is 24.4 Å². The first-order valence-corrected chi connectivity index (χ1v) is 14.9. The largest absolute Gasteiger partial charge is 0.488 e. The standard InChI is InChI=1S/C34H35ClN4O5/c1-23-26(5-2-6-29(23)31-7-3-8-34(38-31)42-12-4-10-39-11-9-28(41)19-39)22-44-33-15-32(27(20-40)14-30(33)35)43-21-25-13-24(16-36)17-37-18-25/h2-3,5-8,13-15,17-18,28,40-41H,4,9-12,19-22H2,1H3/t28-/m1/s1. The summed E-state index contributed by atoms with van der Waals surface area (Å²) in [5, 5.41) is 29.1. The zero-order chi connectivity index (χ0) is 30.9. The van der Waals surface area contributed by atoms with E-state index < -0.39 is 0 Å². The Morgan fingerprint density at radius 1 is 1.02 bits per heavy atom. The number of hydrogen-bond acceptors (Lipinski definition) is 9. The molecule has 3 heterocycles. The number of β-amino-alcohol motifs (C(OH)–C–C–N with tert-alkyl or cyclic N) is 1. The van der Waals surface area contributed by atoms with Crippen LogP contribution in [-0.2, 0) is 19.8 Å². The van der Waals surface area contributed by atoms with Crippen LogP contribution in [0.2, 0.25) is 5.02 Å². The third kappa shape index (κ3) is 8.04. The number of pyridine rings is 2. The molecule has 1 fully saturated rings. The summed E-state index contributed by atoms with van der Waals surface area (Å²) >= 11 is 6.51. The van der Waals surface area contributed by atoms with E-state index in [2.05, 4.69) is 16.0 Å². The van der Waals surface area contributed by atoms with Crippen LogP contribution in [-0.4, -0.2) is 57.4 Å². The zero-order valence-corrected chi connectivity index (χ0v) is 25.3. The summed E-state index contributed by atoms with van der Waals surface area (Å²) in [6.07, 6.45) is 4.61. The molecule has 2 aromatic heterocycles. The van der Waals surface area contributed by atoms with Gasteiger partial charge < -0.3 is 29.3 Å². The number of nitrogens with zero attached hydrogens (tertiary/aromatic N) is 4. The van der Waals surface area contributed by atoms with E-state index in [1.165, 1.54) is 6.20 Å². The maximum absolute atomic E-state index is 9.87. The molecule has 44 heavy (non-hydrogen) atoms. The lowest BCUT2D eigenvalue weighted by atomic mass is 10.00. The molecule has 1 atom stereocenters. The average molecular weight is 615 g/mol. The molecule has 9 nitrogen and oxygen atoms in total. The molecular formula is C34H35ClN4O5. The van der Waals surface area contributed by atoms with Gasteiger partial charge in [0.1, 0.15) is 30.8 Å². The van der Waals surface area contributed by atoms with Gasteiger partial charge in [0.05, 0.1) is 35.6 Å². The van der Waals surface area contributed by atoms with Crippen molar-refractivity contribution < 1.29 is 24.4 Å². The first kappa shape index (κ1) is 31.2. The third-order valence-corrected chi connectivity index (χ3v) is 7.84. The van der Waals surface area contributed by atoms with Crippen LogP contribution >= 0.6 is 11.6 Å². The van der Waals surface area contributed by atoms with Crippen molar-refractivity contribution >= 4 is 11.6 Å². The van der Waals surface area contributed by atoms with Crippen LogP contribution in [0, 0.1) is 18.3 Å². The molecule has 228 valence electrons. The van der Waals surface area contributed by atoms with Crippen molar-refractivity contribution in [2.24, 2.45) is 0 Å². The van der Waals surface area contributed by atoms with Crippen LogP contribution in [0.5, 0.6) is 17.4 Å². The van der Waals surface area contributed by atoms with Crippen LogP contribution < -0.4 is 14.2 Å². The number of nitriles is 1. The summed E-state index contributed by atoms with van der Waals surface area (Å²) < 4.78 is 18.1. The highest BCUT2D eigenvalue weighted by atomic mass is 35.5. The smallest absolute Gasteiger partial charge is 0.213 e. The molecule has 0 unspecified atom stereocenters. The number of benzene rings is 2. The molecule has 0 radical (unpaired) electrons. The SMILES string of the molecule is Cc1c(COc2cc(OCc3cncc(C#N)c3)c(CO)cc2Cl)cccc1-c1cccc(OCCCN2CC[C@@H](O)C2)n1. The highest BCUT2D eigenvalue weighted by molar-refractivity contribution is 6.32. The highest BCUT2D eigenvalue weighted by Gasteiger charge is 2.19. The van der Waals surface area contributed by atoms with Gasteiger partial charge in [0, 0.05) is 60.9 Å². The summed E-state index contributed by atoms with van der Waals surface area (Å²) in [4.78, 5) is 11.1. The molecule has 4 aromatic rings. The minimum Gasteiger partial charge on any atom is -0.488 e. The molecule has 1 aliphatic rings. The van der Waals surface area contributed by atoms with Gasteiger partial charge in [-0.25, -0.2) is 4.98 Å². The van der Waals surface area contributed by atoms with E-state index >= 15 is 0 Å². The van der Waals surface area contributed by atoms with Gasteiger partial charge in [0.2, 0.25) is 5.88 Å². The van der Waals surface area contributed by atoms with Crippen LogP contribution in [0.1, 0.15) is 40.7 Å². The highest BCUT2D eigenvalue weighted by Crippen LogP contribution is 2.35. The molecule has 5 rings (SSSR count). The van der Waals surface area contributed by atoms with Crippen molar-refractivity contribution in [2.75, 3.05) is 26.2 Å². The Labute approximate surface area is 262 Å². The van der Waals surface area contributed by atoms with Gasteiger partial charge >= 0.3 is 0 Å². The second-order valence-electron chi connectivity index (χ2n) is 10.7. The number of aliphatic hydroxyl groups is 2. The van der Waals surface area contributed by atoms with Crippen LogP contribution in [0.25, 0.3) is 11.3 Å². The van der Waals surface area contributed by atoms with E-state index in [0.717, 1.165) is 60.4 Å². The number of hydrogen-bond donors (Lipinski definition) is 2. The fourth-order valence-corrected chi connectivity index (χ4v) is 5.37. The fraction of sp³-hybridized carbons (Fsp3) is 0.324. The maximum Gasteiger partial charge on any atom is 0.213 e. The van der Waals surface area contributed by atoms with Gasteiger partial charge in [-0.05, 0) is 49.1 Å². The topological polar surface area (TPSA) is 121 Å². The second kappa shape index (κ2) is 15.0. The minimum absolute atomic E-state index is 0.163. The van der Waals surface area contributed by atoms with E-state index in [1.807, 2.05) is 43.3 Å². The number of aliphatic hydroxyl groups excluding tert-OH is 2. The molecule has 0 aliphatic carbocycles. The normalized spacial score (nSPS) is 14.8. The number of halogens is 1. The number of aromatic nitrogens is 2. The molecule has 2 N–H and O–H groups in total. The average Bonchev–Trinajstić information content (AvgIpc) is 3.47. The monoisotopic (exact) mass is 614 g/mol. The van der Waals surface area contributed by atoms with Gasteiger partial charge in [0.15, 0.2) is 0 Å². The molecule has 10 heteroatoms. The Morgan fingerprint density at radius 3 is 2.66 bits per heavy atom. The molecule has 0 bridgehead atoms. The molecule has 0 spiro atoms. The Kier molecular flexibility index (Phi) is 10.6. The first-order valence-electron chi connectivity index (χ1n) is 14.6. The van der Waals surface area contributed by atoms with Crippen molar-refractivity contribution in [3.8, 4) is 34.7 Å². The van der Waals surface area contributed by atoms with Crippen molar-refractivity contribution in [3.63, 3.8) is 0 Å². The van der Waals surface area contributed by atoms with Gasteiger partial charge in [-0.3, -0.25) is 4.98 Å². The summed E-state index contributed by atoms with van der Waals surface area (Å²) in [6.45, 7) is 5.31. The number of ether oxygens (including phenoxy) is 3. The Morgan fingerprint density at radius 2 is 1.86 bits per heavy atom. The Hall–Kier alpha value is -4.20. The van der Waals surface area contributed by atoms with Crippen molar-refractivity contribution in [2.45, 2.75) is 45.7 Å². The first-order chi connectivity index (χ1) is 21.4. The van der Waals surface area contributed by atoms with Crippen LogP contribution in [0.4, 0.5) is 0 Å². The van der Waals surface area contributed by atoms with E-state index in [0.29, 0.717) is 40.1 Å². The molecular weight excluding hydrogens is 580 g/mol. The predicted molar refractivity (Wildman–Crippen MR) is 167 cm³/mol. The van der Waals surface area contributed by atoms with E-state index in [4.69, 9.17) is 36.1 Å². The summed E-state index contributed by atoms with van der Waals surface area (Å²) in [5.41, 5.74) is 5.45. The lowest BCUT2D eigenvalue weighted by molar-refractivity contribution is 0.172. The lowest BCUT2D eigenvalue weighted by Crippen LogP contribution is -2.24. The molecule has 1 aliphatic heterocycles. The van der Waals surface area contributed by atoms with E-state index in [9.17, 15) is 10.2 Å². The van der Waals surface area contributed by atoms with Crippen molar-refractivity contribution in [1.82, 2.24) is 14.9 Å². The summed E-state index contributed by atoms with van der Waals surface area (Å²) in [6, 6.07) is 18.8. The summed E-state index contributed by atoms with van der Waals surface area (Å²) in [7, 11) is 0. The van der Waals surface area contributed by atoms with Gasteiger partial charge in [-0.15, -0.1) is 0 Å². The summed E-state index contributed by atoms with van der Waals surface area (Å²) in [5.74, 6) is 1.42. The minimum atomic E-state index is -0.259. The van der Waals surface area contributed by atoms with Gasteiger partial charge in [-0.2, -0.15) is 5.26 Å². The van der Waals surface area contributed by atoms with Crippen LogP contribution in [0.15, 0.2) is 67.0 Å². The Balaban J connectivity index is 1.23. The molecule has 0 saturated carbocycles. The van der Waals surface area contributed by atoms with Gasteiger partial charge in [0.25, 0.3) is 0 Å². The maximum atomic E-state index is 9.87. The number of likely N-dealkylation sites (tertiary alicyclic amines) is 1. The fourth-order valence-electron chi connectivity index (χ4n) is 5.13. The second-order valence-corrected chi connectivity index (χ2v) is 11.1.